The summed E-state index contributed by atoms with van der Waals surface area (Å²) in [6.07, 6.45) is 0.897. The third-order valence-electron chi connectivity index (χ3n) is 4.79. The second-order valence-electron chi connectivity index (χ2n) is 6.98. The Labute approximate surface area is 177 Å². The summed E-state index contributed by atoms with van der Waals surface area (Å²) in [5, 5.41) is 5.24. The van der Waals surface area contributed by atoms with E-state index in [1.807, 2.05) is 6.92 Å². The average Bonchev–Trinajstić information content (AvgIpc) is 3.26. The highest BCUT2D eigenvalue weighted by atomic mass is 32.2. The first kappa shape index (κ1) is 19.8. The highest BCUT2D eigenvalue weighted by Gasteiger charge is 2.18. The van der Waals surface area contributed by atoms with Crippen LogP contribution in [0.15, 0.2) is 38.7 Å². The molecule has 0 aliphatic rings. The van der Waals surface area contributed by atoms with Crippen LogP contribution in [0.3, 0.4) is 0 Å². The predicted octanol–water partition coefficient (Wildman–Crippen LogP) is 4.67. The molecule has 0 radical (unpaired) electrons. The van der Waals surface area contributed by atoms with E-state index in [-0.39, 0.29) is 5.56 Å². The lowest BCUT2D eigenvalue weighted by Crippen LogP contribution is -2.24. The van der Waals surface area contributed by atoms with Crippen LogP contribution in [0.2, 0.25) is 0 Å². The lowest BCUT2D eigenvalue weighted by Gasteiger charge is -2.12. The Hall–Kier alpha value is -2.45. The van der Waals surface area contributed by atoms with E-state index in [0.717, 1.165) is 27.8 Å². The number of hydrogen-bond donors (Lipinski definition) is 0. The second-order valence-corrected chi connectivity index (χ2v) is 9.01. The average molecular weight is 427 g/mol. The topological polar surface area (TPSA) is 73.8 Å². The normalized spacial score (nSPS) is 11.4. The molecule has 0 unspecified atom stereocenters. The van der Waals surface area contributed by atoms with Crippen LogP contribution in [0.1, 0.15) is 40.2 Å². The zero-order chi connectivity index (χ0) is 20.5. The number of benzene rings is 1. The fourth-order valence-electron chi connectivity index (χ4n) is 3.23. The zero-order valence-corrected chi connectivity index (χ0v) is 18.5. The van der Waals surface area contributed by atoms with E-state index >= 15 is 0 Å². The van der Waals surface area contributed by atoms with E-state index in [1.54, 1.807) is 22.8 Å². The van der Waals surface area contributed by atoms with Gasteiger partial charge in [-0.1, -0.05) is 53.7 Å². The van der Waals surface area contributed by atoms with Gasteiger partial charge in [-0.15, -0.1) is 11.3 Å². The Morgan fingerprint density at radius 3 is 2.55 bits per heavy atom. The summed E-state index contributed by atoms with van der Waals surface area (Å²) in [6, 6.07) is 8.23. The summed E-state index contributed by atoms with van der Waals surface area (Å²) in [7, 11) is 0. The van der Waals surface area contributed by atoms with Gasteiger partial charge in [-0.05, 0) is 38.3 Å². The molecule has 0 bridgehead atoms. The van der Waals surface area contributed by atoms with Crippen molar-refractivity contribution in [3.05, 3.63) is 67.9 Å². The van der Waals surface area contributed by atoms with Crippen molar-refractivity contribution in [2.45, 2.75) is 51.6 Å². The number of hydrogen-bond acceptors (Lipinski definition) is 7. The lowest BCUT2D eigenvalue weighted by molar-refractivity contribution is 0.387. The van der Waals surface area contributed by atoms with Gasteiger partial charge in [0, 0.05) is 4.88 Å². The molecular weight excluding hydrogens is 404 g/mol. The summed E-state index contributed by atoms with van der Waals surface area (Å²) >= 11 is 3.06. The van der Waals surface area contributed by atoms with Gasteiger partial charge in [0.25, 0.3) is 5.56 Å². The number of thioether (sulfide) groups is 1. The minimum absolute atomic E-state index is 0.00762. The molecule has 3 heterocycles. The number of nitrogens with zero attached hydrogens (tertiary/aromatic N) is 4. The molecule has 4 rings (SSSR count). The van der Waals surface area contributed by atoms with Crippen LogP contribution in [0, 0.1) is 20.8 Å². The first-order valence-electron chi connectivity index (χ1n) is 9.46. The minimum Gasteiger partial charge on any atom is -0.338 e. The summed E-state index contributed by atoms with van der Waals surface area (Å²) in [5.41, 5.74) is 3.32. The fourth-order valence-corrected chi connectivity index (χ4v) is 5.23. The van der Waals surface area contributed by atoms with E-state index in [4.69, 9.17) is 9.51 Å². The molecule has 0 aliphatic carbocycles. The number of aromatic nitrogens is 4. The molecule has 0 spiro atoms. The zero-order valence-electron chi connectivity index (χ0n) is 16.9. The molecule has 4 aromatic rings. The van der Waals surface area contributed by atoms with Crippen molar-refractivity contribution in [2.24, 2.45) is 0 Å². The molecule has 1 aromatic carbocycles. The maximum Gasteiger partial charge on any atom is 0.263 e. The van der Waals surface area contributed by atoms with Crippen LogP contribution in [-0.4, -0.2) is 19.7 Å². The van der Waals surface area contributed by atoms with Gasteiger partial charge < -0.3 is 4.52 Å². The van der Waals surface area contributed by atoms with Crippen molar-refractivity contribution < 1.29 is 4.52 Å². The smallest absolute Gasteiger partial charge is 0.263 e. The third-order valence-corrected chi connectivity index (χ3v) is 7.08. The lowest BCUT2D eigenvalue weighted by atomic mass is 10.1. The van der Waals surface area contributed by atoms with Crippen molar-refractivity contribution >= 4 is 33.3 Å². The molecule has 6 nitrogen and oxygen atoms in total. The molecule has 0 saturated heterocycles. The highest BCUT2D eigenvalue weighted by Crippen LogP contribution is 2.30. The van der Waals surface area contributed by atoms with E-state index in [2.05, 4.69) is 48.3 Å². The molecule has 3 aromatic heterocycles. The van der Waals surface area contributed by atoms with Crippen LogP contribution in [0.25, 0.3) is 10.2 Å². The van der Waals surface area contributed by atoms with Gasteiger partial charge in [0.1, 0.15) is 4.83 Å². The quantitative estimate of drug-likeness (QED) is 0.329. The van der Waals surface area contributed by atoms with Crippen LogP contribution < -0.4 is 5.56 Å². The summed E-state index contributed by atoms with van der Waals surface area (Å²) in [6.45, 7) is 8.44. The molecule has 0 atom stereocenters. The van der Waals surface area contributed by atoms with Crippen molar-refractivity contribution in [1.29, 1.82) is 0 Å². The molecule has 8 heteroatoms. The van der Waals surface area contributed by atoms with Crippen molar-refractivity contribution in [1.82, 2.24) is 19.7 Å². The van der Waals surface area contributed by atoms with Crippen LogP contribution in [-0.2, 0) is 18.7 Å². The summed E-state index contributed by atoms with van der Waals surface area (Å²) in [5.74, 6) is 1.60. The maximum absolute atomic E-state index is 13.5. The Morgan fingerprint density at radius 1 is 1.14 bits per heavy atom. The van der Waals surface area contributed by atoms with Gasteiger partial charge in [-0.3, -0.25) is 9.36 Å². The minimum atomic E-state index is 0.00762. The Bertz CT molecular complexity index is 1220. The van der Waals surface area contributed by atoms with E-state index in [1.165, 1.54) is 22.2 Å². The molecule has 0 aliphatic heterocycles. The van der Waals surface area contributed by atoms with Gasteiger partial charge in [0.05, 0.1) is 17.7 Å². The number of rotatable bonds is 6. The van der Waals surface area contributed by atoms with Gasteiger partial charge in [-0.2, -0.15) is 4.98 Å². The molecule has 0 saturated carbocycles. The largest absolute Gasteiger partial charge is 0.338 e. The Morgan fingerprint density at radius 2 is 1.90 bits per heavy atom. The molecule has 0 fully saturated rings. The van der Waals surface area contributed by atoms with E-state index in [0.29, 0.717) is 29.2 Å². The van der Waals surface area contributed by atoms with Gasteiger partial charge in [0.2, 0.25) is 5.89 Å². The first-order chi connectivity index (χ1) is 14.0. The van der Waals surface area contributed by atoms with Crippen LogP contribution >= 0.6 is 23.1 Å². The number of fused-ring (bicyclic) bond motifs is 1. The maximum atomic E-state index is 13.5. The number of thiophene rings is 1. The standard InChI is InChI=1S/C21H22N4O2S2/c1-5-16-13(3)18-19(29-16)23-21(28-11-17-22-14(4)24-27-17)25(20(18)26)10-15-8-6-12(2)7-9-15/h6-9H,5,10-11H2,1-4H3. The van der Waals surface area contributed by atoms with Crippen molar-refractivity contribution in [3.8, 4) is 0 Å². The van der Waals surface area contributed by atoms with Gasteiger partial charge in [-0.25, -0.2) is 4.98 Å². The fraction of sp³-hybridized carbons (Fsp3) is 0.333. The van der Waals surface area contributed by atoms with Crippen molar-refractivity contribution in [3.63, 3.8) is 0 Å². The monoisotopic (exact) mass is 426 g/mol. The Balaban J connectivity index is 1.79. The first-order valence-corrected chi connectivity index (χ1v) is 11.3. The molecular formula is C21H22N4O2S2. The second kappa shape index (κ2) is 8.12. The SMILES string of the molecule is CCc1sc2nc(SCc3nc(C)no3)n(Cc3ccc(C)cc3)c(=O)c2c1C. The highest BCUT2D eigenvalue weighted by molar-refractivity contribution is 7.98. The van der Waals surface area contributed by atoms with Crippen LogP contribution in [0.4, 0.5) is 0 Å². The summed E-state index contributed by atoms with van der Waals surface area (Å²) < 4.78 is 6.99. The summed E-state index contributed by atoms with van der Waals surface area (Å²) in [4.78, 5) is 24.6. The Kier molecular flexibility index (Phi) is 5.56. The van der Waals surface area contributed by atoms with E-state index < -0.39 is 0 Å². The third kappa shape index (κ3) is 4.00. The van der Waals surface area contributed by atoms with Gasteiger partial charge >= 0.3 is 0 Å². The number of aryl methyl sites for hydroxylation is 4. The van der Waals surface area contributed by atoms with E-state index in [9.17, 15) is 4.79 Å². The molecule has 29 heavy (non-hydrogen) atoms. The van der Waals surface area contributed by atoms with Crippen LogP contribution in [0.5, 0.6) is 0 Å². The molecule has 150 valence electrons. The predicted molar refractivity (Wildman–Crippen MR) is 117 cm³/mol. The molecule has 0 N–H and O–H groups in total. The van der Waals surface area contributed by atoms with Gasteiger partial charge in [0.15, 0.2) is 11.0 Å². The van der Waals surface area contributed by atoms with Crippen molar-refractivity contribution in [2.75, 3.05) is 0 Å². The molecule has 0 amide bonds.